The zero-order valence-electron chi connectivity index (χ0n) is 8.62. The zero-order chi connectivity index (χ0) is 9.97. The number of ether oxygens (including phenoxy) is 1. The van der Waals surface area contributed by atoms with E-state index in [-0.39, 0.29) is 6.04 Å². The first kappa shape index (κ1) is 9.53. The SMILES string of the molecule is CCCc1cccc2c1OCC[C@H]2N. The van der Waals surface area contributed by atoms with Crippen LogP contribution in [0.5, 0.6) is 5.75 Å². The molecular formula is C12H17NO. The highest BCUT2D eigenvalue weighted by Crippen LogP contribution is 2.33. The summed E-state index contributed by atoms with van der Waals surface area (Å²) in [6.07, 6.45) is 3.16. The summed E-state index contributed by atoms with van der Waals surface area (Å²) in [6, 6.07) is 6.47. The fraction of sp³-hybridized carbons (Fsp3) is 0.500. The second-order valence-corrected chi connectivity index (χ2v) is 3.83. The van der Waals surface area contributed by atoms with Crippen LogP contribution in [0.2, 0.25) is 0 Å². The van der Waals surface area contributed by atoms with Crippen molar-refractivity contribution >= 4 is 0 Å². The first-order valence-corrected chi connectivity index (χ1v) is 5.33. The van der Waals surface area contributed by atoms with Crippen molar-refractivity contribution in [3.8, 4) is 5.75 Å². The minimum absolute atomic E-state index is 0.163. The largest absolute Gasteiger partial charge is 0.493 e. The smallest absolute Gasteiger partial charge is 0.127 e. The normalized spacial score (nSPS) is 20.0. The summed E-state index contributed by atoms with van der Waals surface area (Å²) >= 11 is 0. The Balaban J connectivity index is 2.39. The molecule has 0 fully saturated rings. The van der Waals surface area contributed by atoms with Crippen LogP contribution in [0.15, 0.2) is 18.2 Å². The number of aryl methyl sites for hydroxylation is 1. The zero-order valence-corrected chi connectivity index (χ0v) is 8.62. The number of nitrogens with two attached hydrogens (primary N) is 1. The molecule has 14 heavy (non-hydrogen) atoms. The fourth-order valence-electron chi connectivity index (χ4n) is 1.98. The van der Waals surface area contributed by atoms with E-state index in [1.807, 2.05) is 0 Å². The van der Waals surface area contributed by atoms with E-state index >= 15 is 0 Å². The van der Waals surface area contributed by atoms with E-state index in [1.54, 1.807) is 0 Å². The number of para-hydroxylation sites is 1. The molecule has 2 heteroatoms. The van der Waals surface area contributed by atoms with Crippen molar-refractivity contribution in [2.45, 2.75) is 32.2 Å². The average molecular weight is 191 g/mol. The highest BCUT2D eigenvalue weighted by atomic mass is 16.5. The molecule has 0 bridgehead atoms. The van der Waals surface area contributed by atoms with Crippen molar-refractivity contribution in [3.05, 3.63) is 29.3 Å². The number of hydrogen-bond acceptors (Lipinski definition) is 2. The van der Waals surface area contributed by atoms with E-state index in [4.69, 9.17) is 10.5 Å². The molecule has 76 valence electrons. The summed E-state index contributed by atoms with van der Waals surface area (Å²) in [5, 5.41) is 0. The van der Waals surface area contributed by atoms with Gasteiger partial charge in [-0.2, -0.15) is 0 Å². The van der Waals surface area contributed by atoms with E-state index in [1.165, 1.54) is 11.1 Å². The molecule has 0 saturated heterocycles. The third-order valence-electron chi connectivity index (χ3n) is 2.72. The molecular weight excluding hydrogens is 174 g/mol. The number of fused-ring (bicyclic) bond motifs is 1. The molecule has 0 saturated carbocycles. The Hall–Kier alpha value is -1.02. The molecule has 2 rings (SSSR count). The molecule has 0 aromatic heterocycles. The van der Waals surface area contributed by atoms with Crippen molar-refractivity contribution in [2.75, 3.05) is 6.61 Å². The van der Waals surface area contributed by atoms with Gasteiger partial charge in [-0.1, -0.05) is 31.5 Å². The van der Waals surface area contributed by atoms with Crippen LogP contribution in [0.4, 0.5) is 0 Å². The Morgan fingerprint density at radius 3 is 3.14 bits per heavy atom. The summed E-state index contributed by atoms with van der Waals surface area (Å²) in [4.78, 5) is 0. The first-order valence-electron chi connectivity index (χ1n) is 5.33. The minimum atomic E-state index is 0.163. The van der Waals surface area contributed by atoms with Gasteiger partial charge >= 0.3 is 0 Å². The van der Waals surface area contributed by atoms with Crippen molar-refractivity contribution in [1.82, 2.24) is 0 Å². The summed E-state index contributed by atoms with van der Waals surface area (Å²) in [6.45, 7) is 2.94. The molecule has 1 aliphatic rings. The predicted octanol–water partition coefficient (Wildman–Crippen LogP) is 2.42. The summed E-state index contributed by atoms with van der Waals surface area (Å²) in [5.41, 5.74) is 8.52. The first-order chi connectivity index (χ1) is 6.83. The molecule has 1 aromatic rings. The van der Waals surface area contributed by atoms with Crippen molar-refractivity contribution in [3.63, 3.8) is 0 Å². The van der Waals surface area contributed by atoms with Crippen LogP contribution in [0, 0.1) is 0 Å². The summed E-state index contributed by atoms with van der Waals surface area (Å²) in [7, 11) is 0. The third-order valence-corrected chi connectivity index (χ3v) is 2.72. The fourth-order valence-corrected chi connectivity index (χ4v) is 1.98. The number of hydrogen-bond donors (Lipinski definition) is 1. The highest BCUT2D eigenvalue weighted by molar-refractivity contribution is 5.44. The lowest BCUT2D eigenvalue weighted by Gasteiger charge is -2.25. The molecule has 1 aliphatic heterocycles. The monoisotopic (exact) mass is 191 g/mol. The van der Waals surface area contributed by atoms with Crippen LogP contribution in [-0.2, 0) is 6.42 Å². The minimum Gasteiger partial charge on any atom is -0.493 e. The van der Waals surface area contributed by atoms with E-state index in [0.29, 0.717) is 0 Å². The van der Waals surface area contributed by atoms with Gasteiger partial charge in [0.25, 0.3) is 0 Å². The Morgan fingerprint density at radius 1 is 1.50 bits per heavy atom. The second kappa shape index (κ2) is 4.01. The molecule has 2 N–H and O–H groups in total. The molecule has 1 atom stereocenters. The molecule has 0 unspecified atom stereocenters. The van der Waals surface area contributed by atoms with Crippen LogP contribution in [-0.4, -0.2) is 6.61 Å². The van der Waals surface area contributed by atoms with Gasteiger partial charge in [0.05, 0.1) is 6.61 Å². The molecule has 0 amide bonds. The van der Waals surface area contributed by atoms with Gasteiger partial charge in [0.2, 0.25) is 0 Å². The number of benzene rings is 1. The highest BCUT2D eigenvalue weighted by Gasteiger charge is 2.19. The van der Waals surface area contributed by atoms with E-state index < -0.39 is 0 Å². The van der Waals surface area contributed by atoms with Gasteiger partial charge in [-0.25, -0.2) is 0 Å². The van der Waals surface area contributed by atoms with Crippen LogP contribution in [0.1, 0.15) is 36.9 Å². The van der Waals surface area contributed by atoms with Gasteiger partial charge in [-0.3, -0.25) is 0 Å². The van der Waals surface area contributed by atoms with Crippen molar-refractivity contribution in [2.24, 2.45) is 5.73 Å². The van der Waals surface area contributed by atoms with Gasteiger partial charge in [-0.15, -0.1) is 0 Å². The van der Waals surface area contributed by atoms with Gasteiger partial charge < -0.3 is 10.5 Å². The summed E-state index contributed by atoms with van der Waals surface area (Å²) in [5.74, 6) is 1.05. The Kier molecular flexibility index (Phi) is 2.73. The predicted molar refractivity (Wildman–Crippen MR) is 57.5 cm³/mol. The maximum Gasteiger partial charge on any atom is 0.127 e. The Bertz CT molecular complexity index is 322. The Labute approximate surface area is 85.1 Å². The molecule has 2 nitrogen and oxygen atoms in total. The lowest BCUT2D eigenvalue weighted by Crippen LogP contribution is -2.21. The molecule has 1 aromatic carbocycles. The molecule has 0 spiro atoms. The third kappa shape index (κ3) is 1.62. The Morgan fingerprint density at radius 2 is 2.36 bits per heavy atom. The van der Waals surface area contributed by atoms with Crippen LogP contribution in [0.25, 0.3) is 0 Å². The van der Waals surface area contributed by atoms with E-state index in [2.05, 4.69) is 25.1 Å². The quantitative estimate of drug-likeness (QED) is 0.779. The lowest BCUT2D eigenvalue weighted by atomic mass is 9.97. The topological polar surface area (TPSA) is 35.2 Å². The maximum atomic E-state index is 6.03. The lowest BCUT2D eigenvalue weighted by molar-refractivity contribution is 0.266. The number of rotatable bonds is 2. The van der Waals surface area contributed by atoms with Crippen LogP contribution in [0.3, 0.4) is 0 Å². The molecule has 0 radical (unpaired) electrons. The van der Waals surface area contributed by atoms with Gasteiger partial charge in [-0.05, 0) is 12.0 Å². The van der Waals surface area contributed by atoms with E-state index in [9.17, 15) is 0 Å². The molecule has 1 heterocycles. The standard InChI is InChI=1S/C12H17NO/c1-2-4-9-5-3-6-10-11(13)7-8-14-12(9)10/h3,5-6,11H,2,4,7-8,13H2,1H3/t11-/m1/s1. The maximum absolute atomic E-state index is 6.03. The van der Waals surface area contributed by atoms with Gasteiger partial charge in [0.1, 0.15) is 5.75 Å². The van der Waals surface area contributed by atoms with Crippen LogP contribution < -0.4 is 10.5 Å². The van der Waals surface area contributed by atoms with Crippen LogP contribution >= 0.6 is 0 Å². The average Bonchev–Trinajstić information content (AvgIpc) is 2.20. The van der Waals surface area contributed by atoms with E-state index in [0.717, 1.165) is 31.6 Å². The second-order valence-electron chi connectivity index (χ2n) is 3.83. The van der Waals surface area contributed by atoms with Crippen molar-refractivity contribution < 1.29 is 4.74 Å². The van der Waals surface area contributed by atoms with Gasteiger partial charge in [0.15, 0.2) is 0 Å². The molecule has 0 aliphatic carbocycles. The van der Waals surface area contributed by atoms with Crippen molar-refractivity contribution in [1.29, 1.82) is 0 Å². The van der Waals surface area contributed by atoms with Gasteiger partial charge in [0, 0.05) is 18.0 Å². The summed E-state index contributed by atoms with van der Waals surface area (Å²) < 4.78 is 5.70.